The van der Waals surface area contributed by atoms with Crippen LogP contribution in [0.4, 0.5) is 0 Å². The van der Waals surface area contributed by atoms with Crippen LogP contribution in [0.15, 0.2) is 60.7 Å². The maximum atomic E-state index is 11.9. The summed E-state index contributed by atoms with van der Waals surface area (Å²) in [6.07, 6.45) is 8.54. The van der Waals surface area contributed by atoms with Gasteiger partial charge < -0.3 is 16.0 Å². The van der Waals surface area contributed by atoms with Gasteiger partial charge in [-0.05, 0) is 75.8 Å². The summed E-state index contributed by atoms with van der Waals surface area (Å²) in [5.74, 6) is 0.167. The molecule has 7 heteroatoms. The Kier molecular flexibility index (Phi) is 16.8. The summed E-state index contributed by atoms with van der Waals surface area (Å²) >= 11 is 0. The summed E-state index contributed by atoms with van der Waals surface area (Å²) in [5, 5.41) is 18.5. The van der Waals surface area contributed by atoms with E-state index in [1.54, 1.807) is 5.48 Å². The molecule has 37 heavy (non-hydrogen) atoms. The summed E-state index contributed by atoms with van der Waals surface area (Å²) < 4.78 is 0. The number of carbonyl (C=O) groups is 2. The lowest BCUT2D eigenvalue weighted by Crippen LogP contribution is -2.27. The molecule has 0 atom stereocenters. The minimum Gasteiger partial charge on any atom is -0.356 e. The molecular weight excluding hydrogens is 464 g/mol. The van der Waals surface area contributed by atoms with Gasteiger partial charge in [-0.1, -0.05) is 73.5 Å². The van der Waals surface area contributed by atoms with Gasteiger partial charge >= 0.3 is 0 Å². The minimum absolute atomic E-state index is 0.0981. The van der Waals surface area contributed by atoms with Crippen LogP contribution in [-0.2, 0) is 9.59 Å². The third kappa shape index (κ3) is 14.6. The van der Waals surface area contributed by atoms with Gasteiger partial charge in [0.05, 0.1) is 0 Å². The third-order valence-corrected chi connectivity index (χ3v) is 6.51. The Morgan fingerprint density at radius 1 is 0.595 bits per heavy atom. The minimum atomic E-state index is -0.352. The van der Waals surface area contributed by atoms with Crippen molar-refractivity contribution in [3.8, 4) is 0 Å². The third-order valence-electron chi connectivity index (χ3n) is 6.51. The lowest BCUT2D eigenvalue weighted by atomic mass is 9.88. The zero-order valence-electron chi connectivity index (χ0n) is 22.2. The molecule has 2 amide bonds. The Morgan fingerprint density at radius 3 is 1.68 bits per heavy atom. The highest BCUT2D eigenvalue weighted by Crippen LogP contribution is 2.27. The van der Waals surface area contributed by atoms with E-state index in [1.165, 1.54) is 11.1 Å². The maximum absolute atomic E-state index is 11.9. The molecule has 0 heterocycles. The topological polar surface area (TPSA) is 102 Å². The largest absolute Gasteiger partial charge is 0.356 e. The van der Waals surface area contributed by atoms with Crippen LogP contribution in [0, 0.1) is 0 Å². The van der Waals surface area contributed by atoms with E-state index in [9.17, 15) is 9.59 Å². The Hall–Kier alpha value is -2.74. The number of unbranched alkanes of at least 4 members (excludes halogenated alkanes) is 4. The Bertz CT molecular complexity index is 809. The first kappa shape index (κ1) is 30.5. The molecule has 7 nitrogen and oxygen atoms in total. The molecule has 0 aliphatic rings. The van der Waals surface area contributed by atoms with Crippen molar-refractivity contribution in [3.63, 3.8) is 0 Å². The van der Waals surface area contributed by atoms with Crippen LogP contribution in [0.2, 0.25) is 0 Å². The number of nitrogens with one attached hydrogen (secondary N) is 4. The van der Waals surface area contributed by atoms with Crippen molar-refractivity contribution < 1.29 is 14.8 Å². The normalized spacial score (nSPS) is 11.0. The zero-order valence-corrected chi connectivity index (χ0v) is 22.2. The Morgan fingerprint density at radius 2 is 1.11 bits per heavy atom. The van der Waals surface area contributed by atoms with Gasteiger partial charge in [-0.2, -0.15) is 0 Å². The standard InChI is InChI=1S/C30H46N4O3/c35-29(18-9-1-2-10-19-30(36)34-37)33-24-13-23-31-21-11-12-22-32-25-20-28(26-14-5-3-6-15-26)27-16-7-4-8-17-27/h3-8,14-17,28,31-32,37H,1-2,9-13,18-25H2,(H,33,35)(H,34,36). The van der Waals surface area contributed by atoms with Gasteiger partial charge in [-0.3, -0.25) is 14.8 Å². The molecule has 0 saturated carbocycles. The van der Waals surface area contributed by atoms with Gasteiger partial charge in [0.1, 0.15) is 0 Å². The fourth-order valence-corrected chi connectivity index (χ4v) is 4.40. The molecule has 0 aliphatic heterocycles. The van der Waals surface area contributed by atoms with Crippen LogP contribution >= 0.6 is 0 Å². The maximum Gasteiger partial charge on any atom is 0.243 e. The fourth-order valence-electron chi connectivity index (χ4n) is 4.40. The first-order valence-electron chi connectivity index (χ1n) is 13.9. The van der Waals surface area contributed by atoms with Gasteiger partial charge in [0, 0.05) is 25.3 Å². The Labute approximate surface area is 222 Å². The van der Waals surface area contributed by atoms with Crippen molar-refractivity contribution in [1.29, 1.82) is 0 Å². The molecule has 2 aromatic rings. The lowest BCUT2D eigenvalue weighted by molar-refractivity contribution is -0.129. The SMILES string of the molecule is O=C(CCCCCCC(=O)NCCCNCCCCNCCC(c1ccccc1)c1ccccc1)NO. The molecule has 0 aromatic heterocycles. The molecule has 0 radical (unpaired) electrons. The van der Waals surface area contributed by atoms with E-state index >= 15 is 0 Å². The average molecular weight is 511 g/mol. The summed E-state index contributed by atoms with van der Waals surface area (Å²) in [5.41, 5.74) is 4.38. The van der Waals surface area contributed by atoms with Gasteiger partial charge in [-0.15, -0.1) is 0 Å². The van der Waals surface area contributed by atoms with Crippen LogP contribution < -0.4 is 21.4 Å². The van der Waals surface area contributed by atoms with Gasteiger partial charge in [-0.25, -0.2) is 5.48 Å². The van der Waals surface area contributed by atoms with Crippen molar-refractivity contribution in [2.45, 2.75) is 70.1 Å². The molecule has 0 bridgehead atoms. The number of benzene rings is 2. The van der Waals surface area contributed by atoms with E-state index < -0.39 is 0 Å². The summed E-state index contributed by atoms with van der Waals surface area (Å²) in [6, 6.07) is 21.5. The average Bonchev–Trinajstić information content (AvgIpc) is 2.94. The molecule has 0 spiro atoms. The highest BCUT2D eigenvalue weighted by atomic mass is 16.5. The van der Waals surface area contributed by atoms with Crippen LogP contribution in [0.25, 0.3) is 0 Å². The molecule has 2 aromatic carbocycles. The summed E-state index contributed by atoms with van der Waals surface area (Å²) in [4.78, 5) is 22.8. The number of hydrogen-bond acceptors (Lipinski definition) is 5. The van der Waals surface area contributed by atoms with Gasteiger partial charge in [0.15, 0.2) is 0 Å². The predicted molar refractivity (Wildman–Crippen MR) is 150 cm³/mol. The first-order chi connectivity index (χ1) is 18.2. The van der Waals surface area contributed by atoms with Crippen molar-refractivity contribution >= 4 is 11.8 Å². The molecular formula is C30H46N4O3. The summed E-state index contributed by atoms with van der Waals surface area (Å²) in [6.45, 7) is 4.65. The van der Waals surface area contributed by atoms with E-state index in [4.69, 9.17) is 5.21 Å². The van der Waals surface area contributed by atoms with Crippen molar-refractivity contribution in [2.75, 3.05) is 32.7 Å². The molecule has 0 fully saturated rings. The van der Waals surface area contributed by atoms with Crippen LogP contribution in [0.1, 0.15) is 81.3 Å². The van der Waals surface area contributed by atoms with Crippen LogP contribution in [0.3, 0.4) is 0 Å². The lowest BCUT2D eigenvalue weighted by Gasteiger charge is -2.18. The number of hydrogen-bond donors (Lipinski definition) is 5. The molecule has 0 unspecified atom stereocenters. The quantitative estimate of drug-likeness (QED) is 0.0965. The summed E-state index contributed by atoms with van der Waals surface area (Å²) in [7, 11) is 0. The number of carbonyl (C=O) groups excluding carboxylic acids is 2. The number of rotatable bonds is 21. The molecule has 0 aliphatic carbocycles. The second-order valence-electron chi connectivity index (χ2n) is 9.52. The van der Waals surface area contributed by atoms with Crippen molar-refractivity contribution in [3.05, 3.63) is 71.8 Å². The highest BCUT2D eigenvalue weighted by molar-refractivity contribution is 5.75. The number of amides is 2. The van der Waals surface area contributed by atoms with Crippen molar-refractivity contribution in [2.24, 2.45) is 0 Å². The Balaban J connectivity index is 1.40. The number of hydroxylamine groups is 1. The second-order valence-corrected chi connectivity index (χ2v) is 9.52. The van der Waals surface area contributed by atoms with E-state index in [0.29, 0.717) is 25.3 Å². The smallest absolute Gasteiger partial charge is 0.243 e. The fraction of sp³-hybridized carbons (Fsp3) is 0.533. The zero-order chi connectivity index (χ0) is 26.4. The highest BCUT2D eigenvalue weighted by Gasteiger charge is 2.13. The van der Waals surface area contributed by atoms with E-state index in [-0.39, 0.29) is 11.8 Å². The molecule has 204 valence electrons. The van der Waals surface area contributed by atoms with Crippen LogP contribution in [-0.4, -0.2) is 49.7 Å². The molecule has 2 rings (SSSR count). The van der Waals surface area contributed by atoms with Crippen molar-refractivity contribution in [1.82, 2.24) is 21.4 Å². The first-order valence-corrected chi connectivity index (χ1v) is 13.9. The second kappa shape index (κ2) is 20.3. The molecule has 5 N–H and O–H groups in total. The van der Waals surface area contributed by atoms with E-state index in [1.807, 2.05) is 0 Å². The van der Waals surface area contributed by atoms with E-state index in [0.717, 1.165) is 77.5 Å². The van der Waals surface area contributed by atoms with E-state index in [2.05, 4.69) is 76.6 Å². The predicted octanol–water partition coefficient (Wildman–Crippen LogP) is 4.52. The van der Waals surface area contributed by atoms with Gasteiger partial charge in [0.2, 0.25) is 11.8 Å². The van der Waals surface area contributed by atoms with Crippen LogP contribution in [0.5, 0.6) is 0 Å². The van der Waals surface area contributed by atoms with Gasteiger partial charge in [0.25, 0.3) is 0 Å². The molecule has 0 saturated heterocycles. The monoisotopic (exact) mass is 510 g/mol.